The molecule has 1 amide bonds. The molecule has 0 aromatic carbocycles. The first kappa shape index (κ1) is 14.5. The van der Waals surface area contributed by atoms with Crippen LogP contribution in [0.15, 0.2) is 12.1 Å². The Bertz CT molecular complexity index is 538. The average Bonchev–Trinajstić information content (AvgIpc) is 2.44. The molecule has 1 aromatic rings. The normalized spacial score (nSPS) is 19.5. The molecule has 0 aliphatic carbocycles. The van der Waals surface area contributed by atoms with Gasteiger partial charge in [0.25, 0.3) is 0 Å². The summed E-state index contributed by atoms with van der Waals surface area (Å²) < 4.78 is 0. The summed E-state index contributed by atoms with van der Waals surface area (Å²) in [5, 5.41) is 9.27. The van der Waals surface area contributed by atoms with E-state index in [2.05, 4.69) is 26.0 Å². The maximum absolute atomic E-state index is 12.3. The molecule has 0 spiro atoms. The highest BCUT2D eigenvalue weighted by molar-refractivity contribution is 5.78. The third-order valence-corrected chi connectivity index (χ3v) is 4.31. The van der Waals surface area contributed by atoms with Crippen LogP contribution in [0.5, 0.6) is 0 Å². The quantitative estimate of drug-likeness (QED) is 0.893. The van der Waals surface area contributed by atoms with Crippen LogP contribution < -0.4 is 0 Å². The number of aliphatic hydroxyl groups is 1. The Morgan fingerprint density at radius 3 is 2.86 bits per heavy atom. The third kappa shape index (κ3) is 3.09. The predicted molar refractivity (Wildman–Crippen MR) is 79.9 cm³/mol. The Balaban J connectivity index is 1.63. The van der Waals surface area contributed by atoms with Crippen molar-refractivity contribution in [3.05, 3.63) is 29.1 Å². The number of aliphatic hydroxyl groups excluding tert-OH is 1. The van der Waals surface area contributed by atoms with Crippen molar-refractivity contribution in [2.45, 2.75) is 38.8 Å². The van der Waals surface area contributed by atoms with Crippen LogP contribution in [-0.4, -0.2) is 58.1 Å². The lowest BCUT2D eigenvalue weighted by Gasteiger charge is -2.37. The summed E-state index contributed by atoms with van der Waals surface area (Å²) in [6.45, 7) is 7.37. The first-order valence-electron chi connectivity index (χ1n) is 7.70. The van der Waals surface area contributed by atoms with E-state index in [1.54, 1.807) is 0 Å². The molecule has 0 unspecified atom stereocenters. The number of carbonyl (C=O) groups is 1. The highest BCUT2D eigenvalue weighted by atomic mass is 16.3. The highest BCUT2D eigenvalue weighted by Gasteiger charge is 2.29. The first-order valence-corrected chi connectivity index (χ1v) is 7.70. The van der Waals surface area contributed by atoms with Gasteiger partial charge >= 0.3 is 0 Å². The second kappa shape index (κ2) is 5.73. The van der Waals surface area contributed by atoms with Gasteiger partial charge < -0.3 is 10.0 Å². The number of nitrogens with zero attached hydrogens (tertiary/aromatic N) is 3. The van der Waals surface area contributed by atoms with Crippen LogP contribution >= 0.6 is 0 Å². The van der Waals surface area contributed by atoms with E-state index in [-0.39, 0.29) is 12.0 Å². The second-order valence-electron chi connectivity index (χ2n) is 6.41. The molecule has 0 bridgehead atoms. The number of hydrogen-bond donors (Lipinski definition) is 1. The van der Waals surface area contributed by atoms with Crippen molar-refractivity contribution in [1.29, 1.82) is 0 Å². The number of pyridine rings is 1. The first-order chi connectivity index (χ1) is 10.0. The molecule has 0 saturated carbocycles. The molecule has 3 heterocycles. The summed E-state index contributed by atoms with van der Waals surface area (Å²) in [6, 6.07) is 4.19. The molecule has 21 heavy (non-hydrogen) atoms. The Morgan fingerprint density at radius 2 is 2.19 bits per heavy atom. The number of amides is 1. The minimum atomic E-state index is -0.251. The fourth-order valence-electron chi connectivity index (χ4n) is 2.93. The van der Waals surface area contributed by atoms with Gasteiger partial charge in [-0.15, -0.1) is 0 Å². The van der Waals surface area contributed by atoms with Gasteiger partial charge in [0.2, 0.25) is 5.91 Å². The zero-order chi connectivity index (χ0) is 15.0. The van der Waals surface area contributed by atoms with Crippen molar-refractivity contribution in [2.24, 2.45) is 0 Å². The van der Waals surface area contributed by atoms with E-state index in [0.717, 1.165) is 24.4 Å². The molecule has 2 aliphatic rings. The SMILES string of the molecule is CC(C)c1ccc2c(n1)CCN(C(=O)CN1CC(O)C1)C2. The van der Waals surface area contributed by atoms with Gasteiger partial charge in [-0.2, -0.15) is 0 Å². The summed E-state index contributed by atoms with van der Waals surface area (Å²) in [6.07, 6.45) is 0.586. The molecule has 1 fully saturated rings. The molecule has 3 rings (SSSR count). The van der Waals surface area contributed by atoms with Crippen LogP contribution in [0, 0.1) is 0 Å². The van der Waals surface area contributed by atoms with E-state index >= 15 is 0 Å². The van der Waals surface area contributed by atoms with Crippen molar-refractivity contribution in [2.75, 3.05) is 26.2 Å². The molecule has 5 nitrogen and oxygen atoms in total. The van der Waals surface area contributed by atoms with E-state index in [9.17, 15) is 9.90 Å². The second-order valence-corrected chi connectivity index (χ2v) is 6.41. The van der Waals surface area contributed by atoms with E-state index in [0.29, 0.717) is 32.1 Å². The Labute approximate surface area is 125 Å². The fraction of sp³-hybridized carbons (Fsp3) is 0.625. The number of rotatable bonds is 3. The van der Waals surface area contributed by atoms with Crippen molar-refractivity contribution < 1.29 is 9.90 Å². The molecule has 2 aliphatic heterocycles. The van der Waals surface area contributed by atoms with Crippen LogP contribution in [0.25, 0.3) is 0 Å². The summed E-state index contributed by atoms with van der Waals surface area (Å²) in [4.78, 5) is 20.9. The van der Waals surface area contributed by atoms with Crippen molar-refractivity contribution in [1.82, 2.24) is 14.8 Å². The fourth-order valence-corrected chi connectivity index (χ4v) is 2.93. The largest absolute Gasteiger partial charge is 0.390 e. The molecular formula is C16H23N3O2. The van der Waals surface area contributed by atoms with E-state index in [1.165, 1.54) is 5.56 Å². The predicted octanol–water partition coefficient (Wildman–Crippen LogP) is 0.766. The summed E-state index contributed by atoms with van der Waals surface area (Å²) >= 11 is 0. The highest BCUT2D eigenvalue weighted by Crippen LogP contribution is 2.21. The third-order valence-electron chi connectivity index (χ3n) is 4.31. The van der Waals surface area contributed by atoms with Gasteiger partial charge in [-0.3, -0.25) is 14.7 Å². The van der Waals surface area contributed by atoms with Gasteiger partial charge in [0, 0.05) is 44.0 Å². The average molecular weight is 289 g/mol. The summed E-state index contributed by atoms with van der Waals surface area (Å²) in [7, 11) is 0. The maximum Gasteiger partial charge on any atom is 0.237 e. The van der Waals surface area contributed by atoms with Crippen molar-refractivity contribution in [3.8, 4) is 0 Å². The zero-order valence-corrected chi connectivity index (χ0v) is 12.7. The maximum atomic E-state index is 12.3. The molecular weight excluding hydrogens is 266 g/mol. The summed E-state index contributed by atoms with van der Waals surface area (Å²) in [5.74, 6) is 0.591. The Kier molecular flexibility index (Phi) is 3.95. The Morgan fingerprint density at radius 1 is 1.43 bits per heavy atom. The van der Waals surface area contributed by atoms with Gasteiger partial charge in [0.05, 0.1) is 12.6 Å². The van der Waals surface area contributed by atoms with Crippen LogP contribution in [-0.2, 0) is 17.8 Å². The lowest BCUT2D eigenvalue weighted by Crippen LogP contribution is -2.54. The standard InChI is InChI=1S/C16H23N3O2/c1-11(2)14-4-3-12-7-19(6-5-15(12)17-14)16(21)10-18-8-13(20)9-18/h3-4,11,13,20H,5-10H2,1-2H3. The summed E-state index contributed by atoms with van der Waals surface area (Å²) in [5.41, 5.74) is 3.44. The monoisotopic (exact) mass is 289 g/mol. The number of fused-ring (bicyclic) bond motifs is 1. The van der Waals surface area contributed by atoms with Gasteiger partial charge in [0.15, 0.2) is 0 Å². The van der Waals surface area contributed by atoms with E-state index in [1.807, 2.05) is 9.80 Å². The molecule has 114 valence electrons. The Hall–Kier alpha value is -1.46. The molecule has 1 aromatic heterocycles. The molecule has 1 N–H and O–H groups in total. The topological polar surface area (TPSA) is 56.7 Å². The zero-order valence-electron chi connectivity index (χ0n) is 12.7. The molecule has 0 radical (unpaired) electrons. The van der Waals surface area contributed by atoms with Gasteiger partial charge in [-0.25, -0.2) is 0 Å². The number of carbonyl (C=O) groups excluding carboxylic acids is 1. The van der Waals surface area contributed by atoms with Gasteiger partial charge in [-0.05, 0) is 17.5 Å². The lowest BCUT2D eigenvalue weighted by molar-refractivity contribution is -0.136. The van der Waals surface area contributed by atoms with Crippen LogP contribution in [0.1, 0.15) is 36.7 Å². The van der Waals surface area contributed by atoms with Crippen LogP contribution in [0.4, 0.5) is 0 Å². The van der Waals surface area contributed by atoms with Gasteiger partial charge in [0.1, 0.15) is 0 Å². The van der Waals surface area contributed by atoms with E-state index < -0.39 is 0 Å². The number of aromatic nitrogens is 1. The minimum Gasteiger partial charge on any atom is -0.390 e. The number of β-amino-alcohol motifs (C(OH)–C–C–N with tert-alkyl or cyclic N) is 1. The number of hydrogen-bond acceptors (Lipinski definition) is 4. The smallest absolute Gasteiger partial charge is 0.237 e. The van der Waals surface area contributed by atoms with Crippen molar-refractivity contribution in [3.63, 3.8) is 0 Å². The molecule has 0 atom stereocenters. The van der Waals surface area contributed by atoms with E-state index in [4.69, 9.17) is 4.98 Å². The number of likely N-dealkylation sites (tertiary alicyclic amines) is 1. The minimum absolute atomic E-state index is 0.153. The molecule has 5 heteroatoms. The van der Waals surface area contributed by atoms with Crippen LogP contribution in [0.2, 0.25) is 0 Å². The van der Waals surface area contributed by atoms with Gasteiger partial charge in [-0.1, -0.05) is 19.9 Å². The molecule has 1 saturated heterocycles. The lowest BCUT2D eigenvalue weighted by atomic mass is 10.0. The van der Waals surface area contributed by atoms with Crippen molar-refractivity contribution >= 4 is 5.91 Å². The van der Waals surface area contributed by atoms with Crippen LogP contribution in [0.3, 0.4) is 0 Å².